The van der Waals surface area contributed by atoms with Crippen LogP contribution in [0.15, 0.2) is 66.2 Å². The van der Waals surface area contributed by atoms with Crippen molar-refractivity contribution in [3.63, 3.8) is 0 Å². The minimum Gasteiger partial charge on any atom is -0.492 e. The highest BCUT2D eigenvalue weighted by molar-refractivity contribution is 7.12. The number of aromatic amines is 1. The molecule has 232 valence electrons. The number of fused-ring (bicyclic) bond motifs is 1. The van der Waals surface area contributed by atoms with Crippen LogP contribution in [0.3, 0.4) is 0 Å². The van der Waals surface area contributed by atoms with Gasteiger partial charge < -0.3 is 30.2 Å². The number of anilines is 1. The first-order chi connectivity index (χ1) is 21.2. The molecule has 0 unspecified atom stereocenters. The standard InChI is InChI=1S/C34H41N5O4S/c1-5-43-29-13-12-23(21-38(3)4)19-28(29)36-33(41)31(22(2)26-20-35-27-10-7-6-9-25(26)27)37-34(42)39-16-14-24(15-17-39)32(40)30-11-8-18-44-30/h6-13,18-20,22,24,31,35H,5,14-17,21H2,1-4H3,(H,36,41)(H,37,42)/t22-,31+/m0/s1. The molecule has 1 aliphatic rings. The van der Waals surface area contributed by atoms with E-state index >= 15 is 0 Å². The topological polar surface area (TPSA) is 107 Å². The van der Waals surface area contributed by atoms with Gasteiger partial charge in [0.2, 0.25) is 5.91 Å². The number of hydrogen-bond donors (Lipinski definition) is 3. The molecule has 5 rings (SSSR count). The number of urea groups is 1. The van der Waals surface area contributed by atoms with Gasteiger partial charge in [-0.15, -0.1) is 11.3 Å². The number of carbonyl (C=O) groups is 3. The molecule has 0 bridgehead atoms. The Bertz CT molecular complexity index is 1590. The van der Waals surface area contributed by atoms with Crippen molar-refractivity contribution < 1.29 is 19.1 Å². The predicted octanol–water partition coefficient (Wildman–Crippen LogP) is 6.11. The normalized spacial score (nSPS) is 15.2. The van der Waals surface area contributed by atoms with Gasteiger partial charge in [0.1, 0.15) is 11.8 Å². The van der Waals surface area contributed by atoms with Crippen molar-refractivity contribution >= 4 is 45.6 Å². The number of Topliss-reactive ketones (excluding diaryl/α,β-unsaturated/α-hetero) is 1. The van der Waals surface area contributed by atoms with E-state index in [1.165, 1.54) is 11.3 Å². The minimum atomic E-state index is -0.876. The van der Waals surface area contributed by atoms with Crippen molar-refractivity contribution in [1.82, 2.24) is 20.1 Å². The molecule has 1 saturated heterocycles. The van der Waals surface area contributed by atoms with E-state index in [9.17, 15) is 14.4 Å². The molecule has 44 heavy (non-hydrogen) atoms. The second-order valence-corrected chi connectivity index (χ2v) is 12.5. The van der Waals surface area contributed by atoms with E-state index in [0.29, 0.717) is 50.5 Å². The predicted molar refractivity (Wildman–Crippen MR) is 176 cm³/mol. The molecule has 1 fully saturated rings. The number of amides is 3. The maximum atomic E-state index is 14.1. The highest BCUT2D eigenvalue weighted by atomic mass is 32.1. The summed E-state index contributed by atoms with van der Waals surface area (Å²) in [5.74, 6) is -0.0682. The third-order valence-electron chi connectivity index (χ3n) is 8.19. The van der Waals surface area contributed by atoms with E-state index in [1.807, 2.05) is 94.1 Å². The molecule has 0 saturated carbocycles. The molecule has 2 aromatic heterocycles. The number of benzene rings is 2. The van der Waals surface area contributed by atoms with Crippen LogP contribution >= 0.6 is 11.3 Å². The number of rotatable bonds is 11. The molecule has 10 heteroatoms. The van der Waals surface area contributed by atoms with Gasteiger partial charge in [-0.2, -0.15) is 0 Å². The molecule has 2 atom stereocenters. The molecule has 4 aromatic rings. The second kappa shape index (κ2) is 14.1. The minimum absolute atomic E-state index is 0.103. The number of thiophene rings is 1. The molecular weight excluding hydrogens is 574 g/mol. The highest BCUT2D eigenvalue weighted by Crippen LogP contribution is 2.31. The zero-order chi connectivity index (χ0) is 31.2. The van der Waals surface area contributed by atoms with Gasteiger partial charge >= 0.3 is 6.03 Å². The molecular formula is C34H41N5O4S. The van der Waals surface area contributed by atoms with Crippen molar-refractivity contribution in [3.05, 3.63) is 82.2 Å². The summed E-state index contributed by atoms with van der Waals surface area (Å²) < 4.78 is 5.84. The van der Waals surface area contributed by atoms with Gasteiger partial charge in [-0.1, -0.05) is 37.3 Å². The molecule has 1 aliphatic heterocycles. The Hall–Kier alpha value is -4.15. The second-order valence-electron chi connectivity index (χ2n) is 11.6. The van der Waals surface area contributed by atoms with E-state index in [1.54, 1.807) is 4.90 Å². The number of ketones is 1. The highest BCUT2D eigenvalue weighted by Gasteiger charge is 2.34. The molecule has 0 aliphatic carbocycles. The summed E-state index contributed by atoms with van der Waals surface area (Å²) in [6, 6.07) is 16.3. The molecule has 3 heterocycles. The average molecular weight is 616 g/mol. The average Bonchev–Trinajstić information content (AvgIpc) is 3.71. The summed E-state index contributed by atoms with van der Waals surface area (Å²) in [6.07, 6.45) is 3.09. The van der Waals surface area contributed by atoms with Crippen LogP contribution in [0.1, 0.15) is 53.4 Å². The van der Waals surface area contributed by atoms with Crippen LogP contribution in [0.2, 0.25) is 0 Å². The maximum Gasteiger partial charge on any atom is 0.318 e. The van der Waals surface area contributed by atoms with Gasteiger partial charge in [0, 0.05) is 48.6 Å². The van der Waals surface area contributed by atoms with Gasteiger partial charge in [0.05, 0.1) is 17.2 Å². The monoisotopic (exact) mass is 615 g/mol. The Balaban J connectivity index is 1.37. The number of likely N-dealkylation sites (tertiary alicyclic amines) is 1. The molecule has 0 spiro atoms. The van der Waals surface area contributed by atoms with Gasteiger partial charge in [-0.3, -0.25) is 9.59 Å². The van der Waals surface area contributed by atoms with Gasteiger partial charge in [-0.05, 0) is 74.6 Å². The van der Waals surface area contributed by atoms with Crippen molar-refractivity contribution in [2.24, 2.45) is 5.92 Å². The summed E-state index contributed by atoms with van der Waals surface area (Å²) in [7, 11) is 3.98. The van der Waals surface area contributed by atoms with Gasteiger partial charge in [-0.25, -0.2) is 4.79 Å². The van der Waals surface area contributed by atoms with E-state index in [4.69, 9.17) is 4.74 Å². The summed E-state index contributed by atoms with van der Waals surface area (Å²) >= 11 is 1.45. The lowest BCUT2D eigenvalue weighted by atomic mass is 9.91. The number of hydrogen-bond acceptors (Lipinski definition) is 6. The first-order valence-electron chi connectivity index (χ1n) is 15.2. The van der Waals surface area contributed by atoms with Crippen LogP contribution in [-0.4, -0.2) is 72.3 Å². The number of piperidine rings is 1. The van der Waals surface area contributed by atoms with Crippen molar-refractivity contribution in [2.45, 2.75) is 45.2 Å². The van der Waals surface area contributed by atoms with Crippen LogP contribution < -0.4 is 15.4 Å². The Labute approximate surface area is 262 Å². The van der Waals surface area contributed by atoms with Crippen LogP contribution in [0.4, 0.5) is 10.5 Å². The molecule has 3 N–H and O–H groups in total. The van der Waals surface area contributed by atoms with Crippen LogP contribution in [0.5, 0.6) is 5.75 Å². The van der Waals surface area contributed by atoms with Gasteiger partial charge in [0.25, 0.3) is 0 Å². The van der Waals surface area contributed by atoms with E-state index in [0.717, 1.165) is 26.9 Å². The van der Waals surface area contributed by atoms with Crippen LogP contribution in [-0.2, 0) is 11.3 Å². The van der Waals surface area contributed by atoms with Gasteiger partial charge in [0.15, 0.2) is 5.78 Å². The summed E-state index contributed by atoms with van der Waals surface area (Å²) in [5, 5.41) is 9.05. The number of ether oxygens (including phenoxy) is 1. The smallest absolute Gasteiger partial charge is 0.318 e. The fourth-order valence-corrected chi connectivity index (χ4v) is 6.63. The largest absolute Gasteiger partial charge is 0.492 e. The Morgan fingerprint density at radius 1 is 1.09 bits per heavy atom. The fraction of sp³-hybridized carbons (Fsp3) is 0.382. The Kier molecular flexibility index (Phi) is 10.0. The Morgan fingerprint density at radius 3 is 2.57 bits per heavy atom. The van der Waals surface area contributed by atoms with Crippen molar-refractivity contribution in [2.75, 3.05) is 39.1 Å². The number of nitrogens with zero attached hydrogens (tertiary/aromatic N) is 2. The van der Waals surface area contributed by atoms with E-state index in [-0.39, 0.29) is 29.6 Å². The zero-order valence-corrected chi connectivity index (χ0v) is 26.6. The number of para-hydroxylation sites is 1. The quantitative estimate of drug-likeness (QED) is 0.177. The molecule has 3 amide bonds. The molecule has 9 nitrogen and oxygen atoms in total. The molecule has 2 aromatic carbocycles. The summed E-state index contributed by atoms with van der Waals surface area (Å²) in [4.78, 5) is 48.5. The fourth-order valence-electron chi connectivity index (χ4n) is 5.89. The van der Waals surface area contributed by atoms with Crippen molar-refractivity contribution in [1.29, 1.82) is 0 Å². The number of aromatic nitrogens is 1. The maximum absolute atomic E-state index is 14.1. The first kappa shape index (κ1) is 31.3. The lowest BCUT2D eigenvalue weighted by Gasteiger charge is -2.33. The first-order valence-corrected chi connectivity index (χ1v) is 16.0. The molecule has 0 radical (unpaired) electrons. The zero-order valence-electron chi connectivity index (χ0n) is 25.8. The summed E-state index contributed by atoms with van der Waals surface area (Å²) in [5.41, 5.74) is 3.49. The number of H-pyrrole nitrogens is 1. The third kappa shape index (κ3) is 7.14. The lowest BCUT2D eigenvalue weighted by molar-refractivity contribution is -0.118. The lowest BCUT2D eigenvalue weighted by Crippen LogP contribution is -2.53. The van der Waals surface area contributed by atoms with Crippen LogP contribution in [0, 0.1) is 5.92 Å². The van der Waals surface area contributed by atoms with Crippen molar-refractivity contribution in [3.8, 4) is 5.75 Å². The number of carbonyl (C=O) groups excluding carboxylic acids is 3. The van der Waals surface area contributed by atoms with E-state index in [2.05, 4.69) is 20.5 Å². The summed E-state index contributed by atoms with van der Waals surface area (Å²) in [6.45, 7) is 5.91. The Morgan fingerprint density at radius 2 is 1.86 bits per heavy atom. The van der Waals surface area contributed by atoms with E-state index < -0.39 is 6.04 Å². The van der Waals surface area contributed by atoms with Crippen LogP contribution in [0.25, 0.3) is 10.9 Å². The number of nitrogens with one attached hydrogen (secondary N) is 3. The SMILES string of the molecule is CCOc1ccc(CN(C)C)cc1NC(=O)[C@H](NC(=O)N1CCC(C(=O)c2cccs2)CC1)[C@@H](C)c1c[nH]c2ccccc12. The third-order valence-corrected chi connectivity index (χ3v) is 9.08.